The van der Waals surface area contributed by atoms with Crippen LogP contribution in [0.3, 0.4) is 0 Å². The van der Waals surface area contributed by atoms with E-state index in [0.717, 1.165) is 25.7 Å². The van der Waals surface area contributed by atoms with Crippen LogP contribution in [0, 0.1) is 5.41 Å². The van der Waals surface area contributed by atoms with Crippen LogP contribution in [0.2, 0.25) is 0 Å². The highest BCUT2D eigenvalue weighted by atomic mass is 31.1. The lowest BCUT2D eigenvalue weighted by atomic mass is 9.76. The molecular formula is C17H24NO4P. The molecule has 1 aromatic carbocycles. The van der Waals surface area contributed by atoms with E-state index in [4.69, 9.17) is 9.26 Å². The molecule has 0 spiro atoms. The number of carbonyl (C=O) groups excluding carboxylic acids is 1. The Bertz CT molecular complexity index is 549. The summed E-state index contributed by atoms with van der Waals surface area (Å²) in [5, 5.41) is 0. The third-order valence-electron chi connectivity index (χ3n) is 4.10. The molecule has 0 amide bonds. The number of hydrogen-bond acceptors (Lipinski definition) is 5. The van der Waals surface area contributed by atoms with Gasteiger partial charge in [0, 0.05) is 0 Å². The summed E-state index contributed by atoms with van der Waals surface area (Å²) in [5.74, 6) is 0.0298. The molecule has 0 aliphatic heterocycles. The molecule has 23 heavy (non-hydrogen) atoms. The van der Waals surface area contributed by atoms with Crippen LogP contribution in [0.5, 0.6) is 5.75 Å². The summed E-state index contributed by atoms with van der Waals surface area (Å²) in [4.78, 5) is 23.9. The Morgan fingerprint density at radius 1 is 1.30 bits per heavy atom. The van der Waals surface area contributed by atoms with Gasteiger partial charge in [-0.15, -0.1) is 0 Å². The first-order valence-corrected chi connectivity index (χ1v) is 9.10. The van der Waals surface area contributed by atoms with Crippen molar-refractivity contribution >= 4 is 14.1 Å². The van der Waals surface area contributed by atoms with Crippen molar-refractivity contribution < 1.29 is 18.9 Å². The zero-order chi connectivity index (χ0) is 16.9. The van der Waals surface area contributed by atoms with E-state index in [-0.39, 0.29) is 6.10 Å². The Kier molecular flexibility index (Phi) is 6.14. The molecular weight excluding hydrogens is 313 g/mol. The zero-order valence-electron chi connectivity index (χ0n) is 13.9. The van der Waals surface area contributed by atoms with E-state index in [0.29, 0.717) is 11.2 Å². The van der Waals surface area contributed by atoms with Crippen molar-refractivity contribution in [2.45, 2.75) is 58.6 Å². The Hall–Kier alpha value is -1.45. The summed E-state index contributed by atoms with van der Waals surface area (Å²) in [6, 6.07) is 7.98. The first-order valence-electron chi connectivity index (χ1n) is 7.97. The quantitative estimate of drug-likeness (QED) is 0.605. The summed E-state index contributed by atoms with van der Waals surface area (Å²) in [7, 11) is -2.29. The Morgan fingerprint density at radius 3 is 2.52 bits per heavy atom. The molecule has 1 saturated carbocycles. The molecule has 0 heterocycles. The molecule has 0 radical (unpaired) electrons. The number of para-hydroxylation sites is 1. The number of carbonyl (C=O) groups is 1. The second-order valence-electron chi connectivity index (χ2n) is 6.73. The summed E-state index contributed by atoms with van der Waals surface area (Å²) >= 11 is 0. The third kappa shape index (κ3) is 5.92. The number of ether oxygens (including phenoxy) is 1. The van der Waals surface area contributed by atoms with Gasteiger partial charge < -0.3 is 9.63 Å². The van der Waals surface area contributed by atoms with Crippen LogP contribution in [-0.4, -0.2) is 18.1 Å². The topological polar surface area (TPSA) is 71.0 Å². The average molecular weight is 337 g/mol. The fourth-order valence-corrected chi connectivity index (χ4v) is 3.26. The van der Waals surface area contributed by atoms with Crippen molar-refractivity contribution in [2.24, 2.45) is 10.2 Å². The van der Waals surface area contributed by atoms with Gasteiger partial charge in [0.05, 0.1) is 0 Å². The number of rotatable bonds is 5. The van der Waals surface area contributed by atoms with E-state index < -0.39 is 20.2 Å². The molecule has 2 rings (SSSR count). The highest BCUT2D eigenvalue weighted by Gasteiger charge is 2.30. The van der Waals surface area contributed by atoms with E-state index in [2.05, 4.69) is 18.6 Å². The van der Waals surface area contributed by atoms with Crippen molar-refractivity contribution in [3.8, 4) is 5.75 Å². The predicted molar refractivity (Wildman–Crippen MR) is 88.0 cm³/mol. The predicted octanol–water partition coefficient (Wildman–Crippen LogP) is 3.82. The van der Waals surface area contributed by atoms with Gasteiger partial charge in [-0.1, -0.05) is 36.8 Å². The number of hydrogen-bond donors (Lipinski definition) is 0. The van der Waals surface area contributed by atoms with Crippen LogP contribution in [0.1, 0.15) is 46.5 Å². The molecule has 1 aromatic rings. The minimum atomic E-state index is -2.29. The molecule has 1 fully saturated rings. The number of esters is 1. The second-order valence-corrected chi connectivity index (χ2v) is 7.62. The number of nitrogens with zero attached hydrogens (tertiary/aromatic N) is 1. The molecule has 5 nitrogen and oxygen atoms in total. The van der Waals surface area contributed by atoms with Gasteiger partial charge in [0.1, 0.15) is 6.10 Å². The SMILES string of the molecule is C[C@H](N=[P+]([O-])Oc1ccccc1)C(=O)OC1CCC(C)(C)CC1. The van der Waals surface area contributed by atoms with Crippen molar-refractivity contribution in [3.05, 3.63) is 30.3 Å². The van der Waals surface area contributed by atoms with Crippen molar-refractivity contribution in [1.29, 1.82) is 0 Å². The summed E-state index contributed by atoms with van der Waals surface area (Å²) in [6.07, 6.45) is 3.78. The molecule has 1 aliphatic carbocycles. The van der Waals surface area contributed by atoms with Gasteiger partial charge in [-0.2, -0.15) is 0 Å². The fraction of sp³-hybridized carbons (Fsp3) is 0.588. The van der Waals surface area contributed by atoms with E-state index in [1.807, 2.05) is 6.07 Å². The average Bonchev–Trinajstić information content (AvgIpc) is 2.50. The van der Waals surface area contributed by atoms with Crippen LogP contribution in [0.15, 0.2) is 35.1 Å². The summed E-state index contributed by atoms with van der Waals surface area (Å²) in [5.41, 5.74) is 0.325. The molecule has 0 aromatic heterocycles. The van der Waals surface area contributed by atoms with Gasteiger partial charge in [-0.05, 0) is 50.2 Å². The highest BCUT2D eigenvalue weighted by Crippen LogP contribution is 2.36. The van der Waals surface area contributed by atoms with Gasteiger partial charge in [0.25, 0.3) is 0 Å². The molecule has 0 bridgehead atoms. The van der Waals surface area contributed by atoms with Gasteiger partial charge in [0.15, 0.2) is 11.8 Å². The normalized spacial score (nSPS) is 19.9. The summed E-state index contributed by atoms with van der Waals surface area (Å²) in [6.45, 7) is 6.04. The molecule has 0 saturated heterocycles. The second kappa shape index (κ2) is 7.89. The van der Waals surface area contributed by atoms with Gasteiger partial charge in [-0.25, -0.2) is 4.79 Å². The van der Waals surface area contributed by atoms with Crippen molar-refractivity contribution in [3.63, 3.8) is 0 Å². The first kappa shape index (κ1) is 17.9. The van der Waals surface area contributed by atoms with Crippen molar-refractivity contribution in [1.82, 2.24) is 0 Å². The lowest BCUT2D eigenvalue weighted by Gasteiger charge is -2.33. The van der Waals surface area contributed by atoms with E-state index in [9.17, 15) is 9.69 Å². The monoisotopic (exact) mass is 337 g/mol. The number of benzene rings is 1. The minimum Gasteiger partial charge on any atom is -0.575 e. The van der Waals surface area contributed by atoms with Crippen LogP contribution in [0.25, 0.3) is 0 Å². The fourth-order valence-electron chi connectivity index (χ4n) is 2.54. The zero-order valence-corrected chi connectivity index (χ0v) is 14.8. The van der Waals surface area contributed by atoms with E-state index in [1.165, 1.54) is 0 Å². The van der Waals surface area contributed by atoms with Crippen LogP contribution in [-0.2, 0) is 9.53 Å². The Balaban J connectivity index is 1.83. The minimum absolute atomic E-state index is 0.0545. The maximum atomic E-state index is 12.1. The largest absolute Gasteiger partial charge is 0.575 e. The third-order valence-corrected chi connectivity index (χ3v) is 5.01. The van der Waals surface area contributed by atoms with Crippen LogP contribution >= 0.6 is 8.17 Å². The van der Waals surface area contributed by atoms with Crippen LogP contribution in [0.4, 0.5) is 0 Å². The molecule has 1 unspecified atom stereocenters. The van der Waals surface area contributed by atoms with Crippen LogP contribution < -0.4 is 9.42 Å². The van der Waals surface area contributed by atoms with E-state index >= 15 is 0 Å². The highest BCUT2D eigenvalue weighted by molar-refractivity contribution is 7.34. The Labute approximate surface area is 138 Å². The molecule has 126 valence electrons. The standard InChI is InChI=1S/C17H24NO4P/c1-13(18-23(20)22-15-7-5-4-6-8-15)16(19)21-14-9-11-17(2,3)12-10-14/h4-8,13-14H,9-12H2,1-3H3/t13-/m0/s1. The van der Waals surface area contributed by atoms with Gasteiger partial charge in [-0.3, -0.25) is 4.52 Å². The smallest absolute Gasteiger partial charge is 0.395 e. The molecule has 6 heteroatoms. The first-order chi connectivity index (χ1) is 10.9. The molecule has 2 atom stereocenters. The Morgan fingerprint density at radius 2 is 1.91 bits per heavy atom. The lowest BCUT2D eigenvalue weighted by Crippen LogP contribution is -2.31. The maximum Gasteiger partial charge on any atom is 0.395 e. The van der Waals surface area contributed by atoms with Gasteiger partial charge >= 0.3 is 14.1 Å². The van der Waals surface area contributed by atoms with Crippen molar-refractivity contribution in [2.75, 3.05) is 0 Å². The maximum absolute atomic E-state index is 12.1. The van der Waals surface area contributed by atoms with E-state index in [1.54, 1.807) is 31.2 Å². The molecule has 1 aliphatic rings. The summed E-state index contributed by atoms with van der Waals surface area (Å²) < 4.78 is 14.5. The van der Waals surface area contributed by atoms with Gasteiger partial charge in [0.2, 0.25) is 0 Å². The lowest BCUT2D eigenvalue weighted by molar-refractivity contribution is -0.170. The molecule has 0 N–H and O–H groups in total.